The molecule has 2 aromatic rings. The molecule has 0 N–H and O–H groups in total. The minimum absolute atomic E-state index is 0.0161. The van der Waals surface area contributed by atoms with E-state index in [1.807, 2.05) is 37.3 Å². The Morgan fingerprint density at radius 3 is 2.38 bits per heavy atom. The van der Waals surface area contributed by atoms with E-state index in [9.17, 15) is 8.78 Å². The highest BCUT2D eigenvalue weighted by molar-refractivity contribution is 5.83. The molecule has 0 saturated carbocycles. The van der Waals surface area contributed by atoms with Gasteiger partial charge in [0.25, 0.3) is 0 Å². The normalized spacial score (nSPS) is 11.8. The molecule has 0 saturated heterocycles. The molecule has 0 radical (unpaired) electrons. The molecule has 0 spiro atoms. The first kappa shape index (κ1) is 19.5. The Hall–Kier alpha value is -2.82. The topological polar surface area (TPSA) is 34.0 Å². The zero-order chi connectivity index (χ0) is 18.8. The van der Waals surface area contributed by atoms with Crippen molar-refractivity contribution in [3.05, 3.63) is 76.9 Å². The van der Waals surface area contributed by atoms with Crippen LogP contribution in [0.25, 0.3) is 0 Å². The van der Waals surface area contributed by atoms with Gasteiger partial charge in [0, 0.05) is 5.56 Å². The van der Waals surface area contributed by atoms with Crippen LogP contribution in [0.15, 0.2) is 58.8 Å². The second-order valence-electron chi connectivity index (χ2n) is 5.55. The van der Waals surface area contributed by atoms with Gasteiger partial charge in [-0.2, -0.15) is 14.6 Å². The molecule has 5 heteroatoms. The third-order valence-corrected chi connectivity index (χ3v) is 3.66. The summed E-state index contributed by atoms with van der Waals surface area (Å²) in [6, 6.07) is 10.7. The molecule has 0 aliphatic rings. The van der Waals surface area contributed by atoms with Crippen LogP contribution in [0, 0.1) is 11.6 Å². The van der Waals surface area contributed by atoms with Crippen LogP contribution in [0.5, 0.6) is 5.75 Å². The smallest absolute Gasteiger partial charge is 0.201 e. The molecule has 0 unspecified atom stereocenters. The molecule has 2 rings (SSSR count). The third kappa shape index (κ3) is 5.62. The summed E-state index contributed by atoms with van der Waals surface area (Å²) >= 11 is 0. The van der Waals surface area contributed by atoms with Crippen LogP contribution in [0.3, 0.4) is 0 Å². The van der Waals surface area contributed by atoms with Crippen molar-refractivity contribution < 1.29 is 13.5 Å². The van der Waals surface area contributed by atoms with Gasteiger partial charge in [0.05, 0.1) is 19.0 Å². The van der Waals surface area contributed by atoms with Crippen LogP contribution in [-0.4, -0.2) is 19.0 Å². The zero-order valence-corrected chi connectivity index (χ0v) is 15.0. The van der Waals surface area contributed by atoms with Gasteiger partial charge < -0.3 is 4.74 Å². The molecule has 0 heterocycles. The summed E-state index contributed by atoms with van der Waals surface area (Å²) < 4.78 is 32.7. The molecule has 0 bridgehead atoms. The first-order chi connectivity index (χ1) is 12.7. The van der Waals surface area contributed by atoms with Crippen molar-refractivity contribution in [1.82, 2.24) is 0 Å². The Morgan fingerprint density at radius 1 is 0.962 bits per heavy atom. The Labute approximate surface area is 152 Å². The van der Waals surface area contributed by atoms with Gasteiger partial charge in [-0.25, -0.2) is 4.39 Å². The lowest BCUT2D eigenvalue weighted by molar-refractivity contribution is 0.314. The van der Waals surface area contributed by atoms with E-state index in [0.717, 1.165) is 18.4 Å². The standard InChI is InChI=1S/C21H22F2N2O/c1-3-5-6-7-16-8-10-17(11-9-16)14-24-25-15-18-12-13-19(26-4-2)21(23)20(18)22/h3,5,8-15H,4,6-7H2,1-2H3. The summed E-state index contributed by atoms with van der Waals surface area (Å²) in [4.78, 5) is 0. The number of hydrogen-bond donors (Lipinski definition) is 0. The van der Waals surface area contributed by atoms with Gasteiger partial charge in [-0.1, -0.05) is 36.4 Å². The van der Waals surface area contributed by atoms with Crippen LogP contribution in [0.2, 0.25) is 0 Å². The van der Waals surface area contributed by atoms with Gasteiger partial charge in [-0.15, -0.1) is 0 Å². The summed E-state index contributed by atoms with van der Waals surface area (Å²) in [5, 5.41) is 7.67. The minimum atomic E-state index is -1.02. The maximum atomic E-state index is 13.9. The van der Waals surface area contributed by atoms with Crippen LogP contribution in [0.1, 0.15) is 37.0 Å². The molecule has 0 aromatic heterocycles. The van der Waals surface area contributed by atoms with Gasteiger partial charge in [-0.3, -0.25) is 0 Å². The third-order valence-electron chi connectivity index (χ3n) is 3.66. The van der Waals surface area contributed by atoms with E-state index < -0.39 is 11.6 Å². The number of allylic oxidation sites excluding steroid dienone is 2. The first-order valence-corrected chi connectivity index (χ1v) is 8.53. The van der Waals surface area contributed by atoms with Crippen LogP contribution < -0.4 is 4.74 Å². The fourth-order valence-electron chi connectivity index (χ4n) is 2.30. The number of rotatable bonds is 8. The molecule has 0 amide bonds. The highest BCUT2D eigenvalue weighted by Gasteiger charge is 2.12. The lowest BCUT2D eigenvalue weighted by Crippen LogP contribution is -2.00. The van der Waals surface area contributed by atoms with E-state index in [-0.39, 0.29) is 17.9 Å². The van der Waals surface area contributed by atoms with E-state index >= 15 is 0 Å². The molecule has 2 aromatic carbocycles. The number of hydrogen-bond acceptors (Lipinski definition) is 3. The predicted molar refractivity (Wildman–Crippen MR) is 102 cm³/mol. The van der Waals surface area contributed by atoms with Crippen molar-refractivity contribution in [3.63, 3.8) is 0 Å². The Morgan fingerprint density at radius 2 is 1.69 bits per heavy atom. The number of nitrogens with zero attached hydrogens (tertiary/aromatic N) is 2. The first-order valence-electron chi connectivity index (χ1n) is 8.53. The Kier molecular flexibility index (Phi) is 7.68. The molecular weight excluding hydrogens is 334 g/mol. The summed E-state index contributed by atoms with van der Waals surface area (Å²) in [7, 11) is 0. The molecule has 26 heavy (non-hydrogen) atoms. The van der Waals surface area contributed by atoms with E-state index in [1.54, 1.807) is 13.1 Å². The average molecular weight is 356 g/mol. The second-order valence-corrected chi connectivity index (χ2v) is 5.55. The van der Waals surface area contributed by atoms with Gasteiger partial charge >= 0.3 is 0 Å². The van der Waals surface area contributed by atoms with Gasteiger partial charge in [-0.05, 0) is 49.9 Å². The molecule has 0 atom stereocenters. The Bertz CT molecular complexity index is 796. The van der Waals surface area contributed by atoms with E-state index in [0.29, 0.717) is 0 Å². The largest absolute Gasteiger partial charge is 0.491 e. The maximum Gasteiger partial charge on any atom is 0.201 e. The zero-order valence-electron chi connectivity index (χ0n) is 15.0. The summed E-state index contributed by atoms with van der Waals surface area (Å²) in [6.07, 6.45) is 8.91. The molecule has 3 nitrogen and oxygen atoms in total. The van der Waals surface area contributed by atoms with Crippen molar-refractivity contribution in [1.29, 1.82) is 0 Å². The van der Waals surface area contributed by atoms with Crippen molar-refractivity contribution in [2.45, 2.75) is 26.7 Å². The van der Waals surface area contributed by atoms with Crippen LogP contribution in [0.4, 0.5) is 8.78 Å². The molecular formula is C21H22F2N2O. The fourth-order valence-corrected chi connectivity index (χ4v) is 2.30. The monoisotopic (exact) mass is 356 g/mol. The van der Waals surface area contributed by atoms with Gasteiger partial charge in [0.15, 0.2) is 11.6 Å². The predicted octanol–water partition coefficient (Wildman–Crippen LogP) is 5.33. The molecule has 136 valence electrons. The number of ether oxygens (including phenoxy) is 1. The van der Waals surface area contributed by atoms with E-state index in [2.05, 4.69) is 16.3 Å². The lowest BCUT2D eigenvalue weighted by Gasteiger charge is -2.05. The van der Waals surface area contributed by atoms with Crippen LogP contribution >= 0.6 is 0 Å². The molecule has 0 aliphatic carbocycles. The van der Waals surface area contributed by atoms with Gasteiger partial charge in [0.1, 0.15) is 0 Å². The Balaban J connectivity index is 1.98. The van der Waals surface area contributed by atoms with Crippen molar-refractivity contribution >= 4 is 12.4 Å². The summed E-state index contributed by atoms with van der Waals surface area (Å²) in [5.41, 5.74) is 2.15. The summed E-state index contributed by atoms with van der Waals surface area (Å²) in [5.74, 6) is -2.13. The number of halogens is 2. The molecule has 0 aliphatic heterocycles. The average Bonchev–Trinajstić information content (AvgIpc) is 2.65. The molecule has 0 fully saturated rings. The maximum absolute atomic E-state index is 13.9. The minimum Gasteiger partial charge on any atom is -0.491 e. The van der Waals surface area contributed by atoms with Crippen LogP contribution in [-0.2, 0) is 6.42 Å². The van der Waals surface area contributed by atoms with Crippen molar-refractivity contribution in [2.24, 2.45) is 10.2 Å². The SMILES string of the molecule is CC=CCCc1ccc(C=NN=Cc2ccc(OCC)c(F)c2F)cc1. The van der Waals surface area contributed by atoms with Crippen molar-refractivity contribution in [2.75, 3.05) is 6.61 Å². The van der Waals surface area contributed by atoms with E-state index in [4.69, 9.17) is 4.74 Å². The van der Waals surface area contributed by atoms with Crippen molar-refractivity contribution in [3.8, 4) is 5.75 Å². The highest BCUT2D eigenvalue weighted by Crippen LogP contribution is 2.21. The highest BCUT2D eigenvalue weighted by atomic mass is 19.2. The van der Waals surface area contributed by atoms with Gasteiger partial charge in [0.2, 0.25) is 5.82 Å². The quantitative estimate of drug-likeness (QED) is 0.358. The lowest BCUT2D eigenvalue weighted by atomic mass is 10.1. The second kappa shape index (κ2) is 10.2. The number of benzene rings is 2. The van der Waals surface area contributed by atoms with E-state index in [1.165, 1.54) is 23.9 Å². The summed E-state index contributed by atoms with van der Waals surface area (Å²) in [6.45, 7) is 3.98. The number of aryl methyl sites for hydroxylation is 1. The fraction of sp³-hybridized carbons (Fsp3) is 0.238.